The molecule has 0 aliphatic heterocycles. The lowest BCUT2D eigenvalue weighted by Gasteiger charge is -2.27. The van der Waals surface area contributed by atoms with E-state index in [0.29, 0.717) is 26.1 Å². The van der Waals surface area contributed by atoms with Gasteiger partial charge in [-0.05, 0) is 49.2 Å². The number of nitrogens with zero attached hydrogens (tertiary/aromatic N) is 2. The summed E-state index contributed by atoms with van der Waals surface area (Å²) in [5, 5.41) is 0. The molecule has 0 atom stereocenters. The molecule has 4 nitrogen and oxygen atoms in total. The minimum Gasteiger partial charge on any atom is -0.332 e. The lowest BCUT2D eigenvalue weighted by Crippen LogP contribution is -2.42. The van der Waals surface area contributed by atoms with Gasteiger partial charge in [0.15, 0.2) is 0 Å². The Labute approximate surface area is 186 Å². The third-order valence-electron chi connectivity index (χ3n) is 4.89. The molecule has 1 heterocycles. The molecule has 3 rings (SSSR count). The van der Waals surface area contributed by atoms with Gasteiger partial charge in [-0.3, -0.25) is 9.59 Å². The third-order valence-corrected chi connectivity index (χ3v) is 5.88. The van der Waals surface area contributed by atoms with E-state index >= 15 is 0 Å². The fraction of sp³-hybridized carbons (Fsp3) is 0.280. The second-order valence-corrected chi connectivity index (χ2v) is 8.86. The van der Waals surface area contributed by atoms with Crippen LogP contribution in [0.3, 0.4) is 0 Å². The average molecular weight is 439 g/mol. The van der Waals surface area contributed by atoms with Gasteiger partial charge in [0.2, 0.25) is 5.91 Å². The molecule has 0 saturated carbocycles. The zero-order chi connectivity index (χ0) is 22.2. The number of carbonyl (C=O) groups is 2. The van der Waals surface area contributed by atoms with Crippen molar-refractivity contribution in [3.63, 3.8) is 0 Å². The molecular weight excluding hydrogens is 411 g/mol. The summed E-state index contributed by atoms with van der Waals surface area (Å²) in [6, 6.07) is 19.5. The maximum Gasteiger partial charge on any atom is 0.254 e. The Morgan fingerprint density at radius 3 is 2.35 bits per heavy atom. The number of thiophene rings is 1. The van der Waals surface area contributed by atoms with Gasteiger partial charge in [0.1, 0.15) is 12.4 Å². The zero-order valence-electron chi connectivity index (χ0n) is 17.9. The minimum atomic E-state index is -0.465. The molecule has 31 heavy (non-hydrogen) atoms. The topological polar surface area (TPSA) is 40.6 Å². The summed E-state index contributed by atoms with van der Waals surface area (Å²) in [5.74, 6) is -0.929. The van der Waals surface area contributed by atoms with Gasteiger partial charge in [-0.25, -0.2) is 4.39 Å². The van der Waals surface area contributed by atoms with E-state index in [4.69, 9.17) is 0 Å². The van der Waals surface area contributed by atoms with Crippen LogP contribution in [0.15, 0.2) is 66.7 Å². The number of amides is 2. The molecule has 0 fully saturated rings. The number of halogens is 1. The van der Waals surface area contributed by atoms with Crippen LogP contribution in [0, 0.1) is 12.7 Å². The largest absolute Gasteiger partial charge is 0.332 e. The van der Waals surface area contributed by atoms with Crippen molar-refractivity contribution in [3.8, 4) is 0 Å². The zero-order valence-corrected chi connectivity index (χ0v) is 18.7. The van der Waals surface area contributed by atoms with E-state index in [1.165, 1.54) is 28.0 Å². The van der Waals surface area contributed by atoms with Crippen LogP contribution in [-0.4, -0.2) is 34.7 Å². The molecule has 1 aromatic heterocycles. The molecule has 2 aromatic carbocycles. The van der Waals surface area contributed by atoms with Crippen molar-refractivity contribution < 1.29 is 14.0 Å². The third kappa shape index (κ3) is 6.49. The summed E-state index contributed by atoms with van der Waals surface area (Å²) in [6.07, 6.45) is 0.705. The van der Waals surface area contributed by atoms with E-state index in [9.17, 15) is 14.0 Å². The summed E-state index contributed by atoms with van der Waals surface area (Å²) in [6.45, 7) is 5.33. The summed E-state index contributed by atoms with van der Waals surface area (Å²) in [5.41, 5.74) is 1.28. The standard InChI is InChI=1S/C25H27FN2O2S/c1-3-14-27(25(30)21-10-7-11-22(26)15-21)18-24(29)28(16-20-8-5-4-6-9-20)17-23-13-12-19(2)31-23/h4-13,15H,3,14,16-18H2,1-2H3. The van der Waals surface area contributed by atoms with Crippen LogP contribution in [0.4, 0.5) is 4.39 Å². The van der Waals surface area contributed by atoms with Crippen LogP contribution >= 0.6 is 11.3 Å². The Hall–Kier alpha value is -2.99. The summed E-state index contributed by atoms with van der Waals surface area (Å²) >= 11 is 1.66. The van der Waals surface area contributed by atoms with Crippen molar-refractivity contribution in [2.45, 2.75) is 33.4 Å². The predicted molar refractivity (Wildman–Crippen MR) is 122 cm³/mol. The monoisotopic (exact) mass is 438 g/mol. The van der Waals surface area contributed by atoms with Crippen molar-refractivity contribution in [2.75, 3.05) is 13.1 Å². The van der Waals surface area contributed by atoms with Crippen molar-refractivity contribution in [3.05, 3.63) is 93.4 Å². The SMILES string of the molecule is CCCN(CC(=O)N(Cc1ccccc1)Cc1ccc(C)s1)C(=O)c1cccc(F)c1. The number of benzene rings is 2. The Balaban J connectivity index is 1.79. The van der Waals surface area contributed by atoms with Crippen molar-refractivity contribution in [2.24, 2.45) is 0 Å². The van der Waals surface area contributed by atoms with E-state index in [1.807, 2.05) is 56.3 Å². The first-order chi connectivity index (χ1) is 15.0. The normalized spacial score (nSPS) is 10.7. The van der Waals surface area contributed by atoms with E-state index in [0.717, 1.165) is 10.4 Å². The first-order valence-electron chi connectivity index (χ1n) is 10.4. The second-order valence-electron chi connectivity index (χ2n) is 7.48. The minimum absolute atomic E-state index is 0.0413. The molecule has 0 saturated heterocycles. The molecule has 0 N–H and O–H groups in total. The highest BCUT2D eigenvalue weighted by molar-refractivity contribution is 7.11. The van der Waals surface area contributed by atoms with E-state index in [1.54, 1.807) is 22.3 Å². The number of hydrogen-bond donors (Lipinski definition) is 0. The molecule has 162 valence electrons. The first-order valence-corrected chi connectivity index (χ1v) is 11.2. The smallest absolute Gasteiger partial charge is 0.254 e. The molecule has 0 spiro atoms. The molecule has 0 aliphatic carbocycles. The van der Waals surface area contributed by atoms with E-state index in [-0.39, 0.29) is 23.9 Å². The summed E-state index contributed by atoms with van der Waals surface area (Å²) in [4.78, 5) is 31.8. The van der Waals surface area contributed by atoms with Gasteiger partial charge in [-0.1, -0.05) is 43.3 Å². The van der Waals surface area contributed by atoms with Gasteiger partial charge < -0.3 is 9.80 Å². The molecule has 0 unspecified atom stereocenters. The lowest BCUT2D eigenvalue weighted by molar-refractivity contribution is -0.133. The van der Waals surface area contributed by atoms with Gasteiger partial charge in [-0.2, -0.15) is 0 Å². The van der Waals surface area contributed by atoms with E-state index in [2.05, 4.69) is 0 Å². The van der Waals surface area contributed by atoms with Gasteiger partial charge in [0.05, 0.1) is 6.54 Å². The maximum absolute atomic E-state index is 13.6. The van der Waals surface area contributed by atoms with Crippen LogP contribution < -0.4 is 0 Å². The number of rotatable bonds is 9. The molecule has 0 radical (unpaired) electrons. The number of hydrogen-bond acceptors (Lipinski definition) is 3. The molecule has 6 heteroatoms. The molecule has 0 bridgehead atoms. The molecule has 0 aliphatic rings. The van der Waals surface area contributed by atoms with Crippen molar-refractivity contribution in [1.82, 2.24) is 9.80 Å². The molecule has 2 amide bonds. The van der Waals surface area contributed by atoms with Crippen LogP contribution in [0.2, 0.25) is 0 Å². The summed E-state index contributed by atoms with van der Waals surface area (Å²) < 4.78 is 13.6. The average Bonchev–Trinajstić information content (AvgIpc) is 3.17. The quantitative estimate of drug-likeness (QED) is 0.456. The Morgan fingerprint density at radius 2 is 1.71 bits per heavy atom. The van der Waals surface area contributed by atoms with Crippen LogP contribution in [0.1, 0.15) is 39.0 Å². The predicted octanol–water partition coefficient (Wildman–Crippen LogP) is 5.28. The molecular formula is C25H27FN2O2S. The maximum atomic E-state index is 13.6. The highest BCUT2D eigenvalue weighted by Crippen LogP contribution is 2.19. The fourth-order valence-electron chi connectivity index (χ4n) is 3.38. The van der Waals surface area contributed by atoms with Gasteiger partial charge in [0, 0.05) is 28.4 Å². The van der Waals surface area contributed by atoms with E-state index < -0.39 is 5.82 Å². The van der Waals surface area contributed by atoms with Crippen LogP contribution in [0.5, 0.6) is 0 Å². The second kappa shape index (κ2) is 10.9. The van der Waals surface area contributed by atoms with Gasteiger partial charge in [-0.15, -0.1) is 11.3 Å². The highest BCUT2D eigenvalue weighted by atomic mass is 32.1. The number of carbonyl (C=O) groups excluding carboxylic acids is 2. The van der Waals surface area contributed by atoms with Crippen LogP contribution in [-0.2, 0) is 17.9 Å². The Morgan fingerprint density at radius 1 is 0.935 bits per heavy atom. The van der Waals surface area contributed by atoms with Crippen molar-refractivity contribution in [1.29, 1.82) is 0 Å². The fourth-order valence-corrected chi connectivity index (χ4v) is 4.29. The lowest BCUT2D eigenvalue weighted by atomic mass is 10.1. The van der Waals surface area contributed by atoms with Crippen molar-refractivity contribution >= 4 is 23.2 Å². The van der Waals surface area contributed by atoms with Gasteiger partial charge in [0.25, 0.3) is 5.91 Å². The summed E-state index contributed by atoms with van der Waals surface area (Å²) in [7, 11) is 0. The number of aryl methyl sites for hydroxylation is 1. The molecule has 3 aromatic rings. The Bertz CT molecular complexity index is 1020. The highest BCUT2D eigenvalue weighted by Gasteiger charge is 2.23. The van der Waals surface area contributed by atoms with Crippen LogP contribution in [0.25, 0.3) is 0 Å². The Kier molecular flexibility index (Phi) is 7.95. The van der Waals surface area contributed by atoms with Gasteiger partial charge >= 0.3 is 0 Å². The first kappa shape index (κ1) is 22.7.